The van der Waals surface area contributed by atoms with Crippen LogP contribution < -0.4 is 0 Å². The summed E-state index contributed by atoms with van der Waals surface area (Å²) in [5, 5.41) is 1.38. The summed E-state index contributed by atoms with van der Waals surface area (Å²) >= 11 is 12.7. The molecule has 0 unspecified atom stereocenters. The van der Waals surface area contributed by atoms with Crippen LogP contribution in [0.25, 0.3) is 0 Å². The van der Waals surface area contributed by atoms with E-state index in [1.54, 1.807) is 6.07 Å². The molecule has 2 rings (SSSR count). The zero-order valence-corrected chi connectivity index (χ0v) is 13.1. The molecule has 0 spiro atoms. The van der Waals surface area contributed by atoms with E-state index >= 15 is 0 Å². The van der Waals surface area contributed by atoms with E-state index in [1.165, 1.54) is 0 Å². The number of halogens is 3. The standard InChI is InChI=1S/C12H12Br2ClNO/c13-5-6-16(9-2-3-9)12(17)8-1-4-10(14)11(15)7-8/h1,4,7,9H,2-3,5-6H2. The van der Waals surface area contributed by atoms with Crippen molar-refractivity contribution in [1.82, 2.24) is 4.90 Å². The van der Waals surface area contributed by atoms with Crippen LogP contribution >= 0.6 is 43.5 Å². The molecule has 0 aliphatic heterocycles. The van der Waals surface area contributed by atoms with Crippen molar-refractivity contribution >= 4 is 49.4 Å². The van der Waals surface area contributed by atoms with Crippen molar-refractivity contribution in [3.63, 3.8) is 0 Å². The Morgan fingerprint density at radius 1 is 1.47 bits per heavy atom. The summed E-state index contributed by atoms with van der Waals surface area (Å²) in [6.45, 7) is 0.747. The third-order valence-corrected chi connectivity index (χ3v) is 4.33. The van der Waals surface area contributed by atoms with Crippen LogP contribution in [-0.2, 0) is 0 Å². The minimum atomic E-state index is 0.0707. The minimum Gasteiger partial charge on any atom is -0.335 e. The summed E-state index contributed by atoms with van der Waals surface area (Å²) in [4.78, 5) is 14.2. The van der Waals surface area contributed by atoms with E-state index in [4.69, 9.17) is 11.6 Å². The average Bonchev–Trinajstić information content (AvgIpc) is 3.13. The molecule has 0 radical (unpaired) electrons. The van der Waals surface area contributed by atoms with Crippen molar-refractivity contribution in [2.75, 3.05) is 11.9 Å². The highest BCUT2D eigenvalue weighted by molar-refractivity contribution is 9.10. The largest absolute Gasteiger partial charge is 0.335 e. The highest BCUT2D eigenvalue weighted by atomic mass is 79.9. The summed E-state index contributed by atoms with van der Waals surface area (Å²) in [6.07, 6.45) is 2.23. The zero-order chi connectivity index (χ0) is 12.4. The van der Waals surface area contributed by atoms with E-state index in [1.807, 2.05) is 17.0 Å². The number of amides is 1. The van der Waals surface area contributed by atoms with Gasteiger partial charge in [-0.15, -0.1) is 0 Å². The van der Waals surface area contributed by atoms with Gasteiger partial charge in [0.05, 0.1) is 5.02 Å². The minimum absolute atomic E-state index is 0.0707. The van der Waals surface area contributed by atoms with Gasteiger partial charge in [0.15, 0.2) is 0 Å². The van der Waals surface area contributed by atoms with Crippen LogP contribution in [0.4, 0.5) is 0 Å². The van der Waals surface area contributed by atoms with Gasteiger partial charge in [-0.3, -0.25) is 4.79 Å². The predicted octanol–water partition coefficient (Wildman–Crippen LogP) is 4.10. The first-order valence-corrected chi connectivity index (χ1v) is 7.74. The van der Waals surface area contributed by atoms with E-state index in [-0.39, 0.29) is 5.91 Å². The number of carbonyl (C=O) groups is 1. The fraction of sp³-hybridized carbons (Fsp3) is 0.417. The smallest absolute Gasteiger partial charge is 0.254 e. The molecule has 1 aliphatic rings. The number of benzene rings is 1. The Balaban J connectivity index is 2.19. The zero-order valence-electron chi connectivity index (χ0n) is 9.13. The lowest BCUT2D eigenvalue weighted by atomic mass is 10.2. The molecule has 1 amide bonds. The summed E-state index contributed by atoms with van der Waals surface area (Å²) in [5.74, 6) is 0.0707. The Morgan fingerprint density at radius 3 is 2.71 bits per heavy atom. The van der Waals surface area contributed by atoms with Gasteiger partial charge >= 0.3 is 0 Å². The van der Waals surface area contributed by atoms with Gasteiger partial charge in [-0.1, -0.05) is 27.5 Å². The van der Waals surface area contributed by atoms with Crippen LogP contribution in [-0.4, -0.2) is 28.7 Å². The second-order valence-corrected chi connectivity index (χ2v) is 6.10. The number of hydrogen-bond acceptors (Lipinski definition) is 1. The van der Waals surface area contributed by atoms with Crippen molar-refractivity contribution < 1.29 is 4.79 Å². The average molecular weight is 381 g/mol. The molecule has 0 heterocycles. The molecule has 17 heavy (non-hydrogen) atoms. The lowest BCUT2D eigenvalue weighted by Gasteiger charge is -2.21. The molecule has 1 aromatic carbocycles. The van der Waals surface area contributed by atoms with Gasteiger partial charge in [-0.2, -0.15) is 0 Å². The molecule has 2 nitrogen and oxygen atoms in total. The molecule has 5 heteroatoms. The first-order valence-electron chi connectivity index (χ1n) is 5.45. The van der Waals surface area contributed by atoms with E-state index < -0.39 is 0 Å². The maximum absolute atomic E-state index is 12.3. The third-order valence-electron chi connectivity index (χ3n) is 2.74. The highest BCUT2D eigenvalue weighted by Gasteiger charge is 2.32. The lowest BCUT2D eigenvalue weighted by Crippen LogP contribution is -2.34. The highest BCUT2D eigenvalue weighted by Crippen LogP contribution is 2.29. The summed E-state index contributed by atoms with van der Waals surface area (Å²) < 4.78 is 0.814. The molecule has 0 bridgehead atoms. The molecule has 0 N–H and O–H groups in total. The monoisotopic (exact) mass is 379 g/mol. The molecular weight excluding hydrogens is 369 g/mol. The number of hydrogen-bond donors (Lipinski definition) is 0. The predicted molar refractivity (Wildman–Crippen MR) is 77.0 cm³/mol. The Labute approximate surface area is 123 Å². The Kier molecular flexibility index (Phi) is 4.50. The quantitative estimate of drug-likeness (QED) is 0.719. The van der Waals surface area contributed by atoms with Gasteiger partial charge < -0.3 is 4.90 Å². The number of nitrogens with zero attached hydrogens (tertiary/aromatic N) is 1. The van der Waals surface area contributed by atoms with Crippen molar-refractivity contribution in [3.8, 4) is 0 Å². The molecule has 1 fully saturated rings. The summed E-state index contributed by atoms with van der Waals surface area (Å²) in [7, 11) is 0. The van der Waals surface area contributed by atoms with Gasteiger partial charge in [-0.05, 0) is 47.0 Å². The lowest BCUT2D eigenvalue weighted by molar-refractivity contribution is 0.0754. The fourth-order valence-electron chi connectivity index (χ4n) is 1.72. The van der Waals surface area contributed by atoms with Crippen LogP contribution in [0.2, 0.25) is 5.02 Å². The van der Waals surface area contributed by atoms with Gasteiger partial charge in [0.25, 0.3) is 5.91 Å². The Bertz CT molecular complexity index is 435. The fourth-order valence-corrected chi connectivity index (χ4v) is 2.53. The first kappa shape index (κ1) is 13.4. The molecule has 0 saturated heterocycles. The van der Waals surface area contributed by atoms with E-state index in [0.717, 1.165) is 29.2 Å². The maximum atomic E-state index is 12.3. The second kappa shape index (κ2) is 5.72. The molecule has 1 saturated carbocycles. The SMILES string of the molecule is O=C(c1ccc(Br)c(Cl)c1)N(CCBr)C1CC1. The Hall–Kier alpha value is -0.0600. The van der Waals surface area contributed by atoms with Gasteiger partial charge in [0.2, 0.25) is 0 Å². The van der Waals surface area contributed by atoms with Gasteiger partial charge in [0.1, 0.15) is 0 Å². The molecule has 92 valence electrons. The normalized spacial score (nSPS) is 14.8. The first-order chi connectivity index (χ1) is 8.13. The van der Waals surface area contributed by atoms with Crippen LogP contribution in [0.1, 0.15) is 23.2 Å². The van der Waals surface area contributed by atoms with Crippen LogP contribution in [0.3, 0.4) is 0 Å². The molecule has 1 aliphatic carbocycles. The van der Waals surface area contributed by atoms with Crippen LogP contribution in [0, 0.1) is 0 Å². The number of carbonyl (C=O) groups excluding carboxylic acids is 1. The van der Waals surface area contributed by atoms with Crippen molar-refractivity contribution in [3.05, 3.63) is 33.3 Å². The maximum Gasteiger partial charge on any atom is 0.254 e. The van der Waals surface area contributed by atoms with E-state index in [9.17, 15) is 4.79 Å². The summed E-state index contributed by atoms with van der Waals surface area (Å²) in [6, 6.07) is 5.76. The molecule has 1 aromatic rings. The van der Waals surface area contributed by atoms with Gasteiger partial charge in [0, 0.05) is 28.0 Å². The van der Waals surface area contributed by atoms with Crippen LogP contribution in [0.15, 0.2) is 22.7 Å². The Morgan fingerprint density at radius 2 is 2.18 bits per heavy atom. The second-order valence-electron chi connectivity index (χ2n) is 4.05. The van der Waals surface area contributed by atoms with Crippen molar-refractivity contribution in [2.45, 2.75) is 18.9 Å². The third kappa shape index (κ3) is 3.24. The van der Waals surface area contributed by atoms with Crippen molar-refractivity contribution in [1.29, 1.82) is 0 Å². The van der Waals surface area contributed by atoms with Crippen molar-refractivity contribution in [2.24, 2.45) is 0 Å². The van der Waals surface area contributed by atoms with Crippen LogP contribution in [0.5, 0.6) is 0 Å². The molecule has 0 aromatic heterocycles. The summed E-state index contributed by atoms with van der Waals surface area (Å²) in [5.41, 5.74) is 0.658. The van der Waals surface area contributed by atoms with Gasteiger partial charge in [-0.25, -0.2) is 0 Å². The van der Waals surface area contributed by atoms with E-state index in [2.05, 4.69) is 31.9 Å². The van der Waals surface area contributed by atoms with E-state index in [0.29, 0.717) is 16.6 Å². The topological polar surface area (TPSA) is 20.3 Å². The number of rotatable bonds is 4. The molecular formula is C12H12Br2ClNO. The number of alkyl halides is 1. The molecule has 0 atom stereocenters.